The number of aliphatic hydroxyl groups is 1. The van der Waals surface area contributed by atoms with Gasteiger partial charge in [0, 0.05) is 56.8 Å². The Morgan fingerprint density at radius 3 is 2.50 bits per heavy atom. The lowest BCUT2D eigenvalue weighted by Gasteiger charge is -2.33. The zero-order chi connectivity index (χ0) is 38.1. The highest BCUT2D eigenvalue weighted by Crippen LogP contribution is 2.26. The van der Waals surface area contributed by atoms with Gasteiger partial charge < -0.3 is 30.7 Å². The maximum atomic E-state index is 13.5. The van der Waals surface area contributed by atoms with Crippen LogP contribution < -0.4 is 20.7 Å². The molecular formula is C36H44ClF3N8O4. The Morgan fingerprint density at radius 2 is 1.85 bits per heavy atom. The zero-order valence-electron chi connectivity index (χ0n) is 29.3. The lowest BCUT2D eigenvalue weighted by Crippen LogP contribution is -2.45. The number of guanidine groups is 2. The highest BCUT2D eigenvalue weighted by atomic mass is 35.5. The molecule has 4 N–H and O–H groups in total. The van der Waals surface area contributed by atoms with Gasteiger partial charge in [0.25, 0.3) is 5.91 Å². The van der Waals surface area contributed by atoms with Gasteiger partial charge in [-0.15, -0.1) is 0 Å². The van der Waals surface area contributed by atoms with Crippen LogP contribution in [0.5, 0.6) is 5.75 Å². The summed E-state index contributed by atoms with van der Waals surface area (Å²) in [4.78, 5) is 44.5. The Hall–Kier alpha value is -5.02. The summed E-state index contributed by atoms with van der Waals surface area (Å²) in [7, 11) is 1.00. The molecule has 52 heavy (non-hydrogen) atoms. The first-order chi connectivity index (χ1) is 24.8. The number of aliphatic imine (C=N–C) groups is 3. The van der Waals surface area contributed by atoms with Gasteiger partial charge in [-0.2, -0.15) is 18.2 Å². The van der Waals surface area contributed by atoms with Crippen molar-refractivity contribution in [3.63, 3.8) is 0 Å². The van der Waals surface area contributed by atoms with Gasteiger partial charge in [-0.3, -0.25) is 14.6 Å². The highest BCUT2D eigenvalue weighted by Gasteiger charge is 2.28. The molecular weight excluding hydrogens is 701 g/mol. The van der Waals surface area contributed by atoms with Gasteiger partial charge in [0.2, 0.25) is 17.8 Å². The highest BCUT2D eigenvalue weighted by molar-refractivity contribution is 6.32. The van der Waals surface area contributed by atoms with Gasteiger partial charge in [0.05, 0.1) is 18.2 Å². The molecule has 0 saturated carbocycles. The Kier molecular flexibility index (Phi) is 16.0. The summed E-state index contributed by atoms with van der Waals surface area (Å²) in [6.45, 7) is 7.38. The summed E-state index contributed by atoms with van der Waals surface area (Å²) in [5, 5.41) is 15.3. The summed E-state index contributed by atoms with van der Waals surface area (Å²) in [5.41, 5.74) is 1.98. The first-order valence-electron chi connectivity index (χ1n) is 16.4. The molecule has 4 aliphatic rings. The smallest absolute Gasteiger partial charge is 0.405 e. The van der Waals surface area contributed by atoms with Crippen LogP contribution in [0.3, 0.4) is 0 Å². The number of carbonyl (C=O) groups is 2. The summed E-state index contributed by atoms with van der Waals surface area (Å²) < 4.78 is 45.1. The SMILES string of the molecule is C=N/C1=N\C(NCC(F)(F)F)=NCc2ccc(c(Cl)c2)OCCCN(C(=O)CCc2ccncc2)CC(C)(C)CNC(=O)c2ccc(cc2)N1.CO. The van der Waals surface area contributed by atoms with E-state index in [1.807, 2.05) is 26.0 Å². The monoisotopic (exact) mass is 744 g/mol. The first kappa shape index (κ1) is 41.4. The molecule has 3 aromatic rings. The van der Waals surface area contributed by atoms with Crippen molar-refractivity contribution in [2.24, 2.45) is 20.4 Å². The lowest BCUT2D eigenvalue weighted by atomic mass is 9.92. The fourth-order valence-electron chi connectivity index (χ4n) is 4.96. The first-order valence-corrected chi connectivity index (χ1v) is 16.8. The number of nitrogens with one attached hydrogen (secondary N) is 3. The molecule has 0 atom stereocenters. The number of anilines is 1. The van der Waals surface area contributed by atoms with Crippen LogP contribution in [-0.4, -0.2) is 91.5 Å². The van der Waals surface area contributed by atoms with Gasteiger partial charge in [-0.05, 0) is 84.6 Å². The van der Waals surface area contributed by atoms with E-state index in [1.54, 1.807) is 59.8 Å². The van der Waals surface area contributed by atoms with Crippen LogP contribution in [0.2, 0.25) is 5.02 Å². The Labute approximate surface area is 306 Å². The number of amides is 2. The number of halogens is 4. The third-order valence-corrected chi connectivity index (χ3v) is 7.82. The number of hydrogen-bond donors (Lipinski definition) is 4. The molecule has 0 fully saturated rings. The molecule has 0 spiro atoms. The maximum absolute atomic E-state index is 13.5. The average molecular weight is 745 g/mol. The molecule has 5 heterocycles. The molecule has 2 aromatic carbocycles. The van der Waals surface area contributed by atoms with Crippen molar-refractivity contribution < 1.29 is 32.6 Å². The van der Waals surface area contributed by atoms with E-state index in [0.717, 1.165) is 12.7 Å². The number of benzene rings is 2. The molecule has 2 amide bonds. The Balaban J connectivity index is 0.00000358. The molecule has 0 saturated heterocycles. The largest absolute Gasteiger partial charge is 0.492 e. The number of aromatic nitrogens is 1. The summed E-state index contributed by atoms with van der Waals surface area (Å²) in [6, 6.07) is 15.1. The van der Waals surface area contributed by atoms with Gasteiger partial charge in [0.1, 0.15) is 12.3 Å². The molecule has 280 valence electrons. The minimum atomic E-state index is -4.52. The van der Waals surface area contributed by atoms with Crippen molar-refractivity contribution in [3.05, 3.63) is 88.7 Å². The second kappa shape index (κ2) is 20.1. The minimum Gasteiger partial charge on any atom is -0.492 e. The van der Waals surface area contributed by atoms with Crippen LogP contribution in [0, 0.1) is 5.41 Å². The maximum Gasteiger partial charge on any atom is 0.405 e. The number of nitrogens with zero attached hydrogens (tertiary/aromatic N) is 5. The van der Waals surface area contributed by atoms with Crippen LogP contribution in [0.4, 0.5) is 18.9 Å². The fraction of sp³-hybridized carbons (Fsp3) is 0.389. The van der Waals surface area contributed by atoms with Crippen LogP contribution in [0.1, 0.15) is 48.2 Å². The number of pyridine rings is 1. The van der Waals surface area contributed by atoms with E-state index in [4.69, 9.17) is 21.4 Å². The van der Waals surface area contributed by atoms with Crippen molar-refractivity contribution in [2.45, 2.75) is 45.8 Å². The van der Waals surface area contributed by atoms with Crippen molar-refractivity contribution in [1.82, 2.24) is 20.5 Å². The van der Waals surface area contributed by atoms with Crippen molar-refractivity contribution in [3.8, 4) is 5.75 Å². The number of ether oxygens (including phenoxy) is 1. The van der Waals surface area contributed by atoms with Crippen molar-refractivity contribution >= 4 is 47.7 Å². The normalized spacial score (nSPS) is 16.7. The zero-order valence-corrected chi connectivity index (χ0v) is 30.1. The van der Waals surface area contributed by atoms with Crippen LogP contribution in [0.15, 0.2) is 82.0 Å². The molecule has 4 aliphatic heterocycles. The van der Waals surface area contributed by atoms with Crippen LogP contribution in [0.25, 0.3) is 0 Å². The molecule has 12 nitrogen and oxygen atoms in total. The van der Waals surface area contributed by atoms with Crippen LogP contribution >= 0.6 is 11.6 Å². The molecule has 0 unspecified atom stereocenters. The molecule has 0 radical (unpaired) electrons. The third-order valence-electron chi connectivity index (χ3n) is 7.53. The van der Waals surface area contributed by atoms with E-state index < -0.39 is 18.1 Å². The molecule has 16 heteroatoms. The topological polar surface area (TPSA) is 153 Å². The summed E-state index contributed by atoms with van der Waals surface area (Å²) >= 11 is 6.49. The third kappa shape index (κ3) is 14.3. The van der Waals surface area contributed by atoms with E-state index in [2.05, 4.69) is 42.6 Å². The van der Waals surface area contributed by atoms with E-state index >= 15 is 0 Å². The number of hydrogen-bond acceptors (Lipinski definition) is 10. The van der Waals surface area contributed by atoms with Gasteiger partial charge in [-0.25, -0.2) is 9.98 Å². The average Bonchev–Trinajstić information content (AvgIpc) is 3.13. The van der Waals surface area contributed by atoms with Gasteiger partial charge in [0.15, 0.2) is 0 Å². The lowest BCUT2D eigenvalue weighted by molar-refractivity contribution is -0.132. The van der Waals surface area contributed by atoms with E-state index in [0.29, 0.717) is 66.5 Å². The standard InChI is InChI=1S/C35H40ClF3N8O3.CH4O/c1-34(2)21-43-31(49)26-7-9-27(10-8-26)45-32(40-3)46-33(44-22-35(37,38)39)42-20-25-5-11-29(28(36)19-25)50-18-4-17-47(23-34)30(48)12-6-24-13-15-41-16-14-24;1-2/h5,7-11,13-16,19H,3-4,6,12,17-18,20-23H2,1-2H3,(H,43,49)(H2,42,44,45,46);2H,1H3. The summed E-state index contributed by atoms with van der Waals surface area (Å²) in [5.74, 6) is -0.370. The Morgan fingerprint density at radius 1 is 1.13 bits per heavy atom. The van der Waals surface area contributed by atoms with Crippen LogP contribution in [-0.2, 0) is 17.8 Å². The van der Waals surface area contributed by atoms with E-state index in [1.165, 1.54) is 0 Å². The quantitative estimate of drug-likeness (QED) is 0.257. The number of alkyl halides is 3. The minimum absolute atomic E-state index is 0.0188. The second-order valence-electron chi connectivity index (χ2n) is 12.4. The fourth-order valence-corrected chi connectivity index (χ4v) is 5.21. The predicted molar refractivity (Wildman–Crippen MR) is 197 cm³/mol. The molecule has 0 aliphatic carbocycles. The van der Waals surface area contributed by atoms with Crippen molar-refractivity contribution in [2.75, 3.05) is 45.2 Å². The molecule has 7 rings (SSSR count). The molecule has 4 bridgehead atoms. The summed E-state index contributed by atoms with van der Waals surface area (Å²) in [6.07, 6.45) is 0.259. The number of aliphatic hydroxyl groups excluding tert-OH is 1. The van der Waals surface area contributed by atoms with Crippen molar-refractivity contribution in [1.29, 1.82) is 0 Å². The second-order valence-corrected chi connectivity index (χ2v) is 12.8. The molecule has 1 aromatic heterocycles. The number of carbonyl (C=O) groups excluding carboxylic acids is 2. The van der Waals surface area contributed by atoms with Gasteiger partial charge >= 0.3 is 6.18 Å². The Bertz CT molecular complexity index is 1690. The van der Waals surface area contributed by atoms with E-state index in [-0.39, 0.29) is 36.9 Å². The predicted octanol–water partition coefficient (Wildman–Crippen LogP) is 5.52. The number of rotatable bonds is 4. The van der Waals surface area contributed by atoms with Gasteiger partial charge in [-0.1, -0.05) is 31.5 Å². The number of aryl methyl sites for hydroxylation is 1. The van der Waals surface area contributed by atoms with E-state index in [9.17, 15) is 22.8 Å².